The van der Waals surface area contributed by atoms with Crippen LogP contribution in [0.4, 0.5) is 0 Å². The summed E-state index contributed by atoms with van der Waals surface area (Å²) in [6.07, 6.45) is 0.372. The van der Waals surface area contributed by atoms with E-state index < -0.39 is 0 Å². The second-order valence-corrected chi connectivity index (χ2v) is 3.78. The molecule has 0 saturated heterocycles. The molecule has 4 heteroatoms. The molecule has 0 atom stereocenters. The lowest BCUT2D eigenvalue weighted by atomic mass is 10.1. The first-order valence-corrected chi connectivity index (χ1v) is 5.05. The SMILES string of the molecule is N#CCc1cc2c(cc1Br)OCCO2. The van der Waals surface area contributed by atoms with Gasteiger partial charge in [-0.1, -0.05) is 15.9 Å². The number of nitriles is 1. The van der Waals surface area contributed by atoms with Gasteiger partial charge in [0.1, 0.15) is 13.2 Å². The lowest BCUT2D eigenvalue weighted by Crippen LogP contribution is -2.15. The van der Waals surface area contributed by atoms with Crippen molar-refractivity contribution in [1.82, 2.24) is 0 Å². The van der Waals surface area contributed by atoms with Gasteiger partial charge < -0.3 is 9.47 Å². The Morgan fingerprint density at radius 1 is 1.29 bits per heavy atom. The molecule has 0 saturated carbocycles. The summed E-state index contributed by atoms with van der Waals surface area (Å²) in [5.74, 6) is 1.47. The summed E-state index contributed by atoms with van der Waals surface area (Å²) < 4.78 is 11.7. The number of ether oxygens (including phenoxy) is 2. The number of rotatable bonds is 1. The van der Waals surface area contributed by atoms with Gasteiger partial charge >= 0.3 is 0 Å². The summed E-state index contributed by atoms with van der Waals surface area (Å²) in [6.45, 7) is 1.15. The van der Waals surface area contributed by atoms with E-state index in [-0.39, 0.29) is 0 Å². The quantitative estimate of drug-likeness (QED) is 0.772. The van der Waals surface area contributed by atoms with Crippen molar-refractivity contribution >= 4 is 15.9 Å². The van der Waals surface area contributed by atoms with Crippen molar-refractivity contribution in [1.29, 1.82) is 5.26 Å². The molecule has 1 heterocycles. The van der Waals surface area contributed by atoms with Gasteiger partial charge in [-0.3, -0.25) is 0 Å². The van der Waals surface area contributed by atoms with E-state index in [0.717, 1.165) is 21.5 Å². The predicted molar refractivity (Wildman–Crippen MR) is 54.4 cm³/mol. The summed E-state index contributed by atoms with van der Waals surface area (Å²) in [4.78, 5) is 0. The molecule has 0 bridgehead atoms. The van der Waals surface area contributed by atoms with Gasteiger partial charge in [0.25, 0.3) is 0 Å². The summed E-state index contributed by atoms with van der Waals surface area (Å²) in [6, 6.07) is 5.80. The van der Waals surface area contributed by atoms with Crippen LogP contribution in [0.3, 0.4) is 0 Å². The van der Waals surface area contributed by atoms with Crippen LogP contribution in [0, 0.1) is 11.3 Å². The summed E-state index contributed by atoms with van der Waals surface area (Å²) in [5, 5.41) is 8.61. The minimum absolute atomic E-state index is 0.372. The zero-order valence-corrected chi connectivity index (χ0v) is 9.00. The van der Waals surface area contributed by atoms with Crippen molar-refractivity contribution in [3.8, 4) is 17.6 Å². The largest absolute Gasteiger partial charge is 0.486 e. The van der Waals surface area contributed by atoms with Crippen LogP contribution in [0.5, 0.6) is 11.5 Å². The van der Waals surface area contributed by atoms with Crippen LogP contribution in [-0.4, -0.2) is 13.2 Å². The number of fused-ring (bicyclic) bond motifs is 1. The Bertz CT molecular complexity index is 398. The van der Waals surface area contributed by atoms with Crippen LogP contribution in [0.2, 0.25) is 0 Å². The van der Waals surface area contributed by atoms with Crippen molar-refractivity contribution < 1.29 is 9.47 Å². The standard InChI is InChI=1S/C10H8BrNO2/c11-8-6-10-9(13-3-4-14-10)5-7(8)1-2-12/h5-6H,1,3-4H2. The Morgan fingerprint density at radius 2 is 1.93 bits per heavy atom. The van der Waals surface area contributed by atoms with Crippen molar-refractivity contribution in [2.24, 2.45) is 0 Å². The molecular formula is C10H8BrNO2. The van der Waals surface area contributed by atoms with Gasteiger partial charge in [0, 0.05) is 4.47 Å². The van der Waals surface area contributed by atoms with Gasteiger partial charge in [-0.2, -0.15) is 5.26 Å². The molecule has 1 aliphatic heterocycles. The van der Waals surface area contributed by atoms with Crippen molar-refractivity contribution in [3.63, 3.8) is 0 Å². The highest BCUT2D eigenvalue weighted by atomic mass is 79.9. The first kappa shape index (κ1) is 9.35. The van der Waals surface area contributed by atoms with Gasteiger partial charge in [-0.25, -0.2) is 0 Å². The van der Waals surface area contributed by atoms with Crippen molar-refractivity contribution in [2.75, 3.05) is 13.2 Å². The molecule has 0 aromatic heterocycles. The Hall–Kier alpha value is -1.21. The maximum Gasteiger partial charge on any atom is 0.162 e. The summed E-state index contributed by atoms with van der Waals surface area (Å²) >= 11 is 3.39. The zero-order chi connectivity index (χ0) is 9.97. The maximum atomic E-state index is 8.61. The number of hydrogen-bond acceptors (Lipinski definition) is 3. The van der Waals surface area contributed by atoms with Crippen LogP contribution in [-0.2, 0) is 6.42 Å². The van der Waals surface area contributed by atoms with E-state index in [2.05, 4.69) is 22.0 Å². The first-order valence-electron chi connectivity index (χ1n) is 4.26. The molecule has 0 unspecified atom stereocenters. The van der Waals surface area contributed by atoms with E-state index in [9.17, 15) is 0 Å². The fourth-order valence-corrected chi connectivity index (χ4v) is 1.79. The summed E-state index contributed by atoms with van der Waals surface area (Å²) in [5.41, 5.74) is 0.928. The number of hydrogen-bond donors (Lipinski definition) is 0. The normalized spacial score (nSPS) is 13.4. The first-order chi connectivity index (χ1) is 6.81. The van der Waals surface area contributed by atoms with E-state index in [1.807, 2.05) is 12.1 Å². The third-order valence-electron chi connectivity index (χ3n) is 1.98. The maximum absolute atomic E-state index is 8.61. The zero-order valence-electron chi connectivity index (χ0n) is 7.42. The van der Waals surface area contributed by atoms with E-state index in [0.29, 0.717) is 19.6 Å². The fraction of sp³-hybridized carbons (Fsp3) is 0.300. The molecule has 0 spiro atoms. The average molecular weight is 254 g/mol. The Kier molecular flexibility index (Phi) is 2.60. The van der Waals surface area contributed by atoms with Gasteiger partial charge in [-0.15, -0.1) is 0 Å². The van der Waals surface area contributed by atoms with Crippen LogP contribution in [0.15, 0.2) is 16.6 Å². The van der Waals surface area contributed by atoms with E-state index >= 15 is 0 Å². The summed E-state index contributed by atoms with van der Waals surface area (Å²) in [7, 11) is 0. The molecule has 0 amide bonds. The minimum atomic E-state index is 0.372. The monoisotopic (exact) mass is 253 g/mol. The highest BCUT2D eigenvalue weighted by molar-refractivity contribution is 9.10. The van der Waals surface area contributed by atoms with Gasteiger partial charge in [-0.05, 0) is 17.7 Å². The lowest BCUT2D eigenvalue weighted by Gasteiger charge is -2.19. The molecule has 0 aliphatic carbocycles. The number of benzene rings is 1. The molecule has 0 N–H and O–H groups in total. The second-order valence-electron chi connectivity index (χ2n) is 2.92. The molecule has 1 aromatic carbocycles. The number of nitrogens with zero attached hydrogens (tertiary/aromatic N) is 1. The molecule has 3 nitrogen and oxygen atoms in total. The van der Waals surface area contributed by atoms with Crippen LogP contribution < -0.4 is 9.47 Å². The van der Waals surface area contributed by atoms with Gasteiger partial charge in [0.05, 0.1) is 12.5 Å². The third kappa shape index (κ3) is 1.68. The Morgan fingerprint density at radius 3 is 2.57 bits per heavy atom. The van der Waals surface area contributed by atoms with Gasteiger partial charge in [0.15, 0.2) is 11.5 Å². The predicted octanol–water partition coefficient (Wildman–Crippen LogP) is 2.29. The lowest BCUT2D eigenvalue weighted by molar-refractivity contribution is 0.171. The molecule has 14 heavy (non-hydrogen) atoms. The van der Waals surface area contributed by atoms with Crippen LogP contribution in [0.1, 0.15) is 5.56 Å². The van der Waals surface area contributed by atoms with E-state index in [1.54, 1.807) is 0 Å². The number of halogens is 1. The Balaban J connectivity index is 2.41. The average Bonchev–Trinajstić information content (AvgIpc) is 2.19. The fourth-order valence-electron chi connectivity index (χ4n) is 1.33. The van der Waals surface area contributed by atoms with E-state index in [1.165, 1.54) is 0 Å². The van der Waals surface area contributed by atoms with Crippen molar-refractivity contribution in [3.05, 3.63) is 22.2 Å². The van der Waals surface area contributed by atoms with Crippen LogP contribution in [0.25, 0.3) is 0 Å². The van der Waals surface area contributed by atoms with Crippen LogP contribution >= 0.6 is 15.9 Å². The smallest absolute Gasteiger partial charge is 0.162 e. The molecule has 0 radical (unpaired) electrons. The molecular weight excluding hydrogens is 246 g/mol. The molecule has 72 valence electrons. The van der Waals surface area contributed by atoms with Crippen molar-refractivity contribution in [2.45, 2.75) is 6.42 Å². The highest BCUT2D eigenvalue weighted by Gasteiger charge is 2.14. The molecule has 2 rings (SSSR count). The molecule has 0 fully saturated rings. The van der Waals surface area contributed by atoms with E-state index in [4.69, 9.17) is 14.7 Å². The third-order valence-corrected chi connectivity index (χ3v) is 2.72. The molecule has 1 aliphatic rings. The highest BCUT2D eigenvalue weighted by Crippen LogP contribution is 2.35. The topological polar surface area (TPSA) is 42.2 Å². The minimum Gasteiger partial charge on any atom is -0.486 e. The Labute approximate surface area is 90.4 Å². The van der Waals surface area contributed by atoms with Gasteiger partial charge in [0.2, 0.25) is 0 Å². The second kappa shape index (κ2) is 3.89. The molecule has 1 aromatic rings.